The molecule has 2 amide bonds. The van der Waals surface area contributed by atoms with Crippen LogP contribution in [0.1, 0.15) is 19.3 Å². The summed E-state index contributed by atoms with van der Waals surface area (Å²) in [7, 11) is 0. The molecule has 1 saturated carbocycles. The van der Waals surface area contributed by atoms with Gasteiger partial charge in [-0.05, 0) is 37.3 Å². The predicted molar refractivity (Wildman–Crippen MR) is 76.4 cm³/mol. The average molecular weight is 297 g/mol. The molecule has 108 valence electrons. The molecule has 20 heavy (non-hydrogen) atoms. The van der Waals surface area contributed by atoms with Crippen LogP contribution in [0.5, 0.6) is 0 Å². The van der Waals surface area contributed by atoms with Crippen molar-refractivity contribution in [2.75, 3.05) is 11.9 Å². The Hall–Kier alpha value is -1.59. The van der Waals surface area contributed by atoms with Gasteiger partial charge in [0.2, 0.25) is 0 Å². The number of carbonyl (C=O) groups excluding carboxylic acids is 2. The maximum absolute atomic E-state index is 11.6. The second-order valence-corrected chi connectivity index (χ2v) is 5.29. The van der Waals surface area contributed by atoms with Crippen molar-refractivity contribution in [3.8, 4) is 0 Å². The van der Waals surface area contributed by atoms with Crippen molar-refractivity contribution in [3.05, 3.63) is 29.3 Å². The van der Waals surface area contributed by atoms with Gasteiger partial charge >= 0.3 is 11.8 Å². The van der Waals surface area contributed by atoms with Crippen molar-refractivity contribution in [2.24, 2.45) is 5.92 Å². The van der Waals surface area contributed by atoms with E-state index < -0.39 is 11.8 Å². The molecule has 6 heteroatoms. The van der Waals surface area contributed by atoms with E-state index in [4.69, 9.17) is 11.6 Å². The van der Waals surface area contributed by atoms with Gasteiger partial charge in [0.1, 0.15) is 0 Å². The van der Waals surface area contributed by atoms with Crippen LogP contribution >= 0.6 is 11.6 Å². The molecule has 5 nitrogen and oxygen atoms in total. The molecule has 0 radical (unpaired) electrons. The minimum absolute atomic E-state index is 0.284. The smallest absolute Gasteiger partial charge is 0.313 e. The van der Waals surface area contributed by atoms with E-state index in [9.17, 15) is 14.7 Å². The van der Waals surface area contributed by atoms with Gasteiger partial charge in [0.25, 0.3) is 0 Å². The van der Waals surface area contributed by atoms with Crippen LogP contribution in [0.2, 0.25) is 5.02 Å². The van der Waals surface area contributed by atoms with E-state index in [2.05, 4.69) is 10.6 Å². The quantitative estimate of drug-likeness (QED) is 0.722. The summed E-state index contributed by atoms with van der Waals surface area (Å²) in [5, 5.41) is 14.9. The number of nitrogens with one attached hydrogen (secondary N) is 2. The summed E-state index contributed by atoms with van der Waals surface area (Å²) in [4.78, 5) is 23.2. The standard InChI is InChI=1S/C14H17ClN2O3/c15-10-3-1-2-4-11(10)17-14(20)13(19)16-8-7-12(18)9-5-6-9/h1-4,9,12,18H,5-8H2,(H,16,19)(H,17,20). The fourth-order valence-electron chi connectivity index (χ4n) is 1.87. The predicted octanol–water partition coefficient (Wildman–Crippen LogP) is 1.56. The third-order valence-corrected chi connectivity index (χ3v) is 3.55. The topological polar surface area (TPSA) is 78.4 Å². The molecule has 0 bridgehead atoms. The third kappa shape index (κ3) is 4.21. The second kappa shape index (κ2) is 6.72. The zero-order chi connectivity index (χ0) is 14.5. The number of halogens is 1. The zero-order valence-electron chi connectivity index (χ0n) is 10.9. The third-order valence-electron chi connectivity index (χ3n) is 3.22. The molecule has 3 N–H and O–H groups in total. The van der Waals surface area contributed by atoms with Crippen LogP contribution in [-0.4, -0.2) is 29.6 Å². The van der Waals surface area contributed by atoms with Gasteiger partial charge in [0, 0.05) is 6.54 Å². The van der Waals surface area contributed by atoms with Crippen LogP contribution in [0.4, 0.5) is 5.69 Å². The highest BCUT2D eigenvalue weighted by Crippen LogP contribution is 2.33. The molecule has 1 fully saturated rings. The summed E-state index contributed by atoms with van der Waals surface area (Å²) in [6, 6.07) is 6.69. The van der Waals surface area contributed by atoms with Gasteiger partial charge in [-0.1, -0.05) is 23.7 Å². The van der Waals surface area contributed by atoms with Crippen molar-refractivity contribution in [1.29, 1.82) is 0 Å². The normalized spacial score (nSPS) is 15.5. The Morgan fingerprint density at radius 3 is 2.65 bits per heavy atom. The lowest BCUT2D eigenvalue weighted by atomic mass is 10.2. The van der Waals surface area contributed by atoms with Gasteiger partial charge in [-0.15, -0.1) is 0 Å². The van der Waals surface area contributed by atoms with Crippen LogP contribution < -0.4 is 10.6 Å². The molecule has 0 aliphatic heterocycles. The molecule has 1 aromatic carbocycles. The monoisotopic (exact) mass is 296 g/mol. The Bertz CT molecular complexity index is 503. The van der Waals surface area contributed by atoms with Crippen LogP contribution in [0.25, 0.3) is 0 Å². The lowest BCUT2D eigenvalue weighted by molar-refractivity contribution is -0.136. The molecule has 1 aliphatic carbocycles. The summed E-state index contributed by atoms with van der Waals surface area (Å²) in [5.74, 6) is -1.13. The highest BCUT2D eigenvalue weighted by Gasteiger charge is 2.29. The highest BCUT2D eigenvalue weighted by atomic mass is 35.5. The largest absolute Gasteiger partial charge is 0.393 e. The van der Waals surface area contributed by atoms with E-state index in [1.54, 1.807) is 24.3 Å². The molecule has 1 aliphatic rings. The number of carbonyl (C=O) groups is 2. The average Bonchev–Trinajstić information content (AvgIpc) is 3.25. The Morgan fingerprint density at radius 1 is 1.30 bits per heavy atom. The molecule has 2 rings (SSSR count). The Kier molecular flexibility index (Phi) is 4.98. The van der Waals surface area contributed by atoms with Crippen molar-refractivity contribution >= 4 is 29.1 Å². The van der Waals surface area contributed by atoms with Gasteiger partial charge in [-0.3, -0.25) is 9.59 Å². The van der Waals surface area contributed by atoms with Gasteiger partial charge in [0.05, 0.1) is 16.8 Å². The first-order valence-corrected chi connectivity index (χ1v) is 6.97. The summed E-state index contributed by atoms with van der Waals surface area (Å²) < 4.78 is 0. The first-order valence-electron chi connectivity index (χ1n) is 6.59. The molecular formula is C14H17ClN2O3. The van der Waals surface area contributed by atoms with Gasteiger partial charge < -0.3 is 15.7 Å². The van der Waals surface area contributed by atoms with Gasteiger partial charge in [0.15, 0.2) is 0 Å². The number of hydrogen-bond acceptors (Lipinski definition) is 3. The summed E-state index contributed by atoms with van der Waals surface area (Å²) in [6.45, 7) is 0.284. The lowest BCUT2D eigenvalue weighted by Crippen LogP contribution is -2.37. The number of anilines is 1. The van der Waals surface area contributed by atoms with E-state index in [-0.39, 0.29) is 12.6 Å². The number of aliphatic hydroxyl groups is 1. The molecule has 0 aromatic heterocycles. The number of benzene rings is 1. The number of para-hydroxylation sites is 1. The molecule has 1 aromatic rings. The number of hydrogen-bond donors (Lipinski definition) is 3. The van der Waals surface area contributed by atoms with Gasteiger partial charge in [-0.2, -0.15) is 0 Å². The SMILES string of the molecule is O=C(NCCC(O)C1CC1)C(=O)Nc1ccccc1Cl. The molecule has 0 spiro atoms. The first-order chi connectivity index (χ1) is 9.58. The molecule has 1 unspecified atom stereocenters. The maximum Gasteiger partial charge on any atom is 0.313 e. The Morgan fingerprint density at radius 2 is 2.00 bits per heavy atom. The first kappa shape index (κ1) is 14.8. The molecule has 0 saturated heterocycles. The van der Waals surface area contributed by atoms with Gasteiger partial charge in [-0.25, -0.2) is 0 Å². The van der Waals surface area contributed by atoms with E-state index >= 15 is 0 Å². The summed E-state index contributed by atoms with van der Waals surface area (Å²) >= 11 is 5.88. The number of aliphatic hydroxyl groups excluding tert-OH is 1. The maximum atomic E-state index is 11.6. The van der Waals surface area contributed by atoms with Crippen molar-refractivity contribution < 1.29 is 14.7 Å². The van der Waals surface area contributed by atoms with Crippen LogP contribution in [0.3, 0.4) is 0 Å². The van der Waals surface area contributed by atoms with Crippen LogP contribution in [0.15, 0.2) is 24.3 Å². The minimum Gasteiger partial charge on any atom is -0.393 e. The zero-order valence-corrected chi connectivity index (χ0v) is 11.7. The van der Waals surface area contributed by atoms with Crippen LogP contribution in [0, 0.1) is 5.92 Å². The van der Waals surface area contributed by atoms with Crippen molar-refractivity contribution in [1.82, 2.24) is 5.32 Å². The van der Waals surface area contributed by atoms with E-state index in [0.717, 1.165) is 12.8 Å². The van der Waals surface area contributed by atoms with E-state index in [1.807, 2.05) is 0 Å². The van der Waals surface area contributed by atoms with E-state index in [0.29, 0.717) is 23.0 Å². The lowest BCUT2D eigenvalue weighted by Gasteiger charge is -2.10. The van der Waals surface area contributed by atoms with Crippen molar-refractivity contribution in [3.63, 3.8) is 0 Å². The molecule has 0 heterocycles. The number of rotatable bonds is 5. The minimum atomic E-state index is -0.765. The second-order valence-electron chi connectivity index (χ2n) is 4.88. The summed E-state index contributed by atoms with van der Waals surface area (Å²) in [6.07, 6.45) is 2.17. The Balaban J connectivity index is 1.74. The van der Waals surface area contributed by atoms with Crippen LogP contribution in [-0.2, 0) is 9.59 Å². The summed E-state index contributed by atoms with van der Waals surface area (Å²) in [5.41, 5.74) is 0.396. The van der Waals surface area contributed by atoms with Crippen molar-refractivity contribution in [2.45, 2.75) is 25.4 Å². The number of amides is 2. The molecular weight excluding hydrogens is 280 g/mol. The fourth-order valence-corrected chi connectivity index (χ4v) is 2.06. The van der Waals surface area contributed by atoms with E-state index in [1.165, 1.54) is 0 Å². The highest BCUT2D eigenvalue weighted by molar-refractivity contribution is 6.41. The Labute approximate surface area is 122 Å². The fraction of sp³-hybridized carbons (Fsp3) is 0.429. The molecule has 1 atom stereocenters.